The highest BCUT2D eigenvalue weighted by Crippen LogP contribution is 2.32. The maximum atomic E-state index is 13.6. The van der Waals surface area contributed by atoms with Crippen LogP contribution in [0.3, 0.4) is 0 Å². The molecule has 2 fully saturated rings. The molecule has 8 nitrogen and oxygen atoms in total. The van der Waals surface area contributed by atoms with Gasteiger partial charge in [0.15, 0.2) is 0 Å². The van der Waals surface area contributed by atoms with Crippen molar-refractivity contribution in [2.24, 2.45) is 23.7 Å². The molecule has 1 aliphatic heterocycles. The standard InChI is InChI=1S/C27H43N3O5/c1-19(2)11-21(18-31)12-25(32)22-13-23(15-28-14-22)27(34)30(24-6-7-24)17-20-5-8-26(33)29(16-20)9-4-10-35-3/h5,8,16,19,21-24,28,31H,4,6-7,9-15,17-18H2,1-3H3/t21?,22-,23+/m0/s1. The molecule has 0 spiro atoms. The van der Waals surface area contributed by atoms with Crippen molar-refractivity contribution in [3.05, 3.63) is 34.2 Å². The monoisotopic (exact) mass is 489 g/mol. The zero-order chi connectivity index (χ0) is 25.4. The lowest BCUT2D eigenvalue weighted by Crippen LogP contribution is -2.48. The molecule has 0 aromatic carbocycles. The lowest BCUT2D eigenvalue weighted by molar-refractivity contribution is -0.138. The van der Waals surface area contributed by atoms with E-state index in [9.17, 15) is 19.5 Å². The van der Waals surface area contributed by atoms with E-state index in [1.54, 1.807) is 17.7 Å². The molecule has 1 aromatic heterocycles. The number of rotatable bonds is 14. The summed E-state index contributed by atoms with van der Waals surface area (Å²) in [6.45, 7) is 7.05. The maximum Gasteiger partial charge on any atom is 0.250 e. The number of aliphatic hydroxyl groups is 1. The summed E-state index contributed by atoms with van der Waals surface area (Å²) < 4.78 is 6.79. The Kier molecular flexibility index (Phi) is 10.5. The number of nitrogens with zero attached hydrogens (tertiary/aromatic N) is 2. The lowest BCUT2D eigenvalue weighted by atomic mass is 9.82. The summed E-state index contributed by atoms with van der Waals surface area (Å²) in [5.74, 6) is 0.235. The highest BCUT2D eigenvalue weighted by molar-refractivity contribution is 5.84. The molecule has 1 saturated carbocycles. The molecule has 1 saturated heterocycles. The van der Waals surface area contributed by atoms with Gasteiger partial charge in [0, 0.05) is 77.1 Å². The molecule has 1 amide bonds. The van der Waals surface area contributed by atoms with Crippen LogP contribution in [-0.4, -0.2) is 65.7 Å². The zero-order valence-corrected chi connectivity index (χ0v) is 21.6. The first-order valence-corrected chi connectivity index (χ1v) is 13.1. The minimum atomic E-state index is -0.233. The highest BCUT2D eigenvalue weighted by atomic mass is 16.5. The van der Waals surface area contributed by atoms with Gasteiger partial charge in [-0.15, -0.1) is 0 Å². The summed E-state index contributed by atoms with van der Waals surface area (Å²) in [5.41, 5.74) is 0.892. The van der Waals surface area contributed by atoms with E-state index < -0.39 is 0 Å². The summed E-state index contributed by atoms with van der Waals surface area (Å²) in [6.07, 6.45) is 6.36. The molecular weight excluding hydrogens is 446 g/mol. The van der Waals surface area contributed by atoms with Crippen LogP contribution < -0.4 is 10.9 Å². The van der Waals surface area contributed by atoms with Crippen LogP contribution in [0.1, 0.15) is 57.9 Å². The molecule has 1 aromatic rings. The lowest BCUT2D eigenvalue weighted by Gasteiger charge is -2.33. The van der Waals surface area contributed by atoms with E-state index in [0.29, 0.717) is 51.5 Å². The summed E-state index contributed by atoms with van der Waals surface area (Å²) in [6, 6.07) is 3.62. The van der Waals surface area contributed by atoms with Crippen molar-refractivity contribution in [1.29, 1.82) is 0 Å². The molecule has 2 heterocycles. The van der Waals surface area contributed by atoms with Crippen LogP contribution in [0, 0.1) is 23.7 Å². The number of aromatic nitrogens is 1. The molecule has 196 valence electrons. The van der Waals surface area contributed by atoms with Crippen LogP contribution >= 0.6 is 0 Å². The number of aryl methyl sites for hydroxylation is 1. The second-order valence-electron chi connectivity index (χ2n) is 10.7. The average molecular weight is 490 g/mol. The summed E-state index contributed by atoms with van der Waals surface area (Å²) in [7, 11) is 1.65. The molecule has 1 unspecified atom stereocenters. The van der Waals surface area contributed by atoms with Gasteiger partial charge in [-0.1, -0.05) is 19.9 Å². The van der Waals surface area contributed by atoms with Crippen molar-refractivity contribution in [1.82, 2.24) is 14.8 Å². The predicted molar refractivity (Wildman–Crippen MR) is 135 cm³/mol. The number of nitrogens with one attached hydrogen (secondary N) is 1. The summed E-state index contributed by atoms with van der Waals surface area (Å²) >= 11 is 0. The van der Waals surface area contributed by atoms with Gasteiger partial charge in [-0.3, -0.25) is 14.4 Å². The Morgan fingerprint density at radius 2 is 1.97 bits per heavy atom. The Morgan fingerprint density at radius 1 is 1.23 bits per heavy atom. The van der Waals surface area contributed by atoms with Crippen LogP contribution in [0.25, 0.3) is 0 Å². The van der Waals surface area contributed by atoms with Crippen molar-refractivity contribution in [2.45, 2.75) is 71.5 Å². The second-order valence-corrected chi connectivity index (χ2v) is 10.7. The van der Waals surface area contributed by atoms with Crippen LogP contribution in [0.4, 0.5) is 0 Å². The SMILES string of the molecule is COCCCn1cc(CN(C(=O)[C@H]2CNC[C@@H](C(=O)CC(CO)CC(C)C)C2)C2CC2)ccc1=O. The van der Waals surface area contributed by atoms with Gasteiger partial charge < -0.3 is 24.6 Å². The van der Waals surface area contributed by atoms with E-state index in [4.69, 9.17) is 4.74 Å². The molecule has 2 N–H and O–H groups in total. The van der Waals surface area contributed by atoms with E-state index in [0.717, 1.165) is 31.2 Å². The first-order valence-electron chi connectivity index (χ1n) is 13.1. The van der Waals surface area contributed by atoms with Crippen molar-refractivity contribution in [3.8, 4) is 0 Å². The second kappa shape index (κ2) is 13.3. The third-order valence-corrected chi connectivity index (χ3v) is 7.12. The van der Waals surface area contributed by atoms with Gasteiger partial charge >= 0.3 is 0 Å². The molecule has 3 atom stereocenters. The number of ether oxygens (including phenoxy) is 1. The number of carbonyl (C=O) groups excluding carboxylic acids is 2. The van der Waals surface area contributed by atoms with Crippen molar-refractivity contribution in [3.63, 3.8) is 0 Å². The highest BCUT2D eigenvalue weighted by Gasteiger charge is 2.39. The Labute approximate surface area is 209 Å². The molecule has 3 rings (SSSR count). The Hall–Kier alpha value is -2.03. The minimum absolute atomic E-state index is 0.0129. The first-order chi connectivity index (χ1) is 16.8. The van der Waals surface area contributed by atoms with Gasteiger partial charge in [-0.2, -0.15) is 0 Å². The van der Waals surface area contributed by atoms with E-state index in [-0.39, 0.29) is 47.7 Å². The Morgan fingerprint density at radius 3 is 2.63 bits per heavy atom. The molecule has 8 heteroatoms. The number of methoxy groups -OCH3 is 1. The number of Topliss-reactive ketones (excluding diaryl/α,β-unsaturated/α-hetero) is 1. The van der Waals surface area contributed by atoms with Crippen LogP contribution in [0.15, 0.2) is 23.1 Å². The smallest absolute Gasteiger partial charge is 0.250 e. The van der Waals surface area contributed by atoms with E-state index in [1.807, 2.05) is 17.2 Å². The topological polar surface area (TPSA) is 101 Å². The molecule has 1 aliphatic carbocycles. The number of amides is 1. The maximum absolute atomic E-state index is 13.6. The number of piperidine rings is 1. The van der Waals surface area contributed by atoms with Crippen LogP contribution in [0.2, 0.25) is 0 Å². The van der Waals surface area contributed by atoms with Gasteiger partial charge in [0.2, 0.25) is 5.91 Å². The summed E-state index contributed by atoms with van der Waals surface area (Å²) in [4.78, 5) is 40.7. The molecule has 0 bridgehead atoms. The molecule has 35 heavy (non-hydrogen) atoms. The van der Waals surface area contributed by atoms with Crippen LogP contribution in [-0.2, 0) is 27.4 Å². The Balaban J connectivity index is 1.63. The van der Waals surface area contributed by atoms with Crippen molar-refractivity contribution < 1.29 is 19.4 Å². The molecule has 2 aliphatic rings. The van der Waals surface area contributed by atoms with E-state index in [2.05, 4.69) is 19.2 Å². The van der Waals surface area contributed by atoms with Crippen molar-refractivity contribution >= 4 is 11.7 Å². The number of ketones is 1. The van der Waals surface area contributed by atoms with Gasteiger partial charge in [-0.25, -0.2) is 0 Å². The number of hydrogen-bond donors (Lipinski definition) is 2. The number of carbonyl (C=O) groups is 2. The quantitative estimate of drug-likeness (QED) is 0.389. The number of hydrogen-bond acceptors (Lipinski definition) is 6. The first kappa shape index (κ1) is 27.6. The van der Waals surface area contributed by atoms with E-state index in [1.165, 1.54) is 0 Å². The fourth-order valence-electron chi connectivity index (χ4n) is 5.15. The van der Waals surface area contributed by atoms with Crippen molar-refractivity contribution in [2.75, 3.05) is 33.4 Å². The molecule has 0 radical (unpaired) electrons. The third-order valence-electron chi connectivity index (χ3n) is 7.12. The fourth-order valence-corrected chi connectivity index (χ4v) is 5.15. The van der Waals surface area contributed by atoms with Gasteiger partial charge in [0.05, 0.1) is 5.92 Å². The normalized spacial score (nSPS) is 21.2. The number of aliphatic hydroxyl groups excluding tert-OH is 1. The number of pyridine rings is 1. The predicted octanol–water partition coefficient (Wildman–Crippen LogP) is 2.22. The van der Waals surface area contributed by atoms with Crippen LogP contribution in [0.5, 0.6) is 0 Å². The fraction of sp³-hybridized carbons (Fsp3) is 0.741. The average Bonchev–Trinajstić information content (AvgIpc) is 3.68. The third kappa shape index (κ3) is 8.26. The van der Waals surface area contributed by atoms with Gasteiger partial charge in [-0.05, 0) is 49.5 Å². The minimum Gasteiger partial charge on any atom is -0.396 e. The Bertz CT molecular complexity index is 895. The largest absolute Gasteiger partial charge is 0.396 e. The van der Waals surface area contributed by atoms with Gasteiger partial charge in [0.1, 0.15) is 5.78 Å². The molecular formula is C27H43N3O5. The van der Waals surface area contributed by atoms with E-state index >= 15 is 0 Å². The summed E-state index contributed by atoms with van der Waals surface area (Å²) in [5, 5.41) is 13.0. The zero-order valence-electron chi connectivity index (χ0n) is 21.6. The van der Waals surface area contributed by atoms with Gasteiger partial charge in [0.25, 0.3) is 5.56 Å².